The number of hydrogen-bond donors (Lipinski definition) is 0. The Morgan fingerprint density at radius 1 is 1.04 bits per heavy atom. The van der Waals surface area contributed by atoms with Crippen molar-refractivity contribution < 1.29 is 19.1 Å². The van der Waals surface area contributed by atoms with Crippen molar-refractivity contribution >= 4 is 23.3 Å². The molecule has 0 aliphatic carbocycles. The van der Waals surface area contributed by atoms with Crippen LogP contribution in [0.3, 0.4) is 0 Å². The summed E-state index contributed by atoms with van der Waals surface area (Å²) < 4.78 is 5.22. The maximum absolute atomic E-state index is 12.4. The molecule has 0 spiro atoms. The van der Waals surface area contributed by atoms with Crippen molar-refractivity contribution in [2.75, 3.05) is 18.1 Å². The second kappa shape index (κ2) is 7.74. The number of ether oxygens (including phenoxy) is 1. The molecule has 2 aromatic rings. The molecule has 5 heteroatoms. The Labute approximate surface area is 158 Å². The molecule has 0 bridgehead atoms. The van der Waals surface area contributed by atoms with Gasteiger partial charge in [0.05, 0.1) is 5.92 Å². The number of hydrogen-bond acceptors (Lipinski definition) is 4. The molecule has 27 heavy (non-hydrogen) atoms. The molecule has 1 fully saturated rings. The van der Waals surface area contributed by atoms with Crippen LogP contribution in [0.4, 0.5) is 5.69 Å². The highest BCUT2D eigenvalue weighted by Gasteiger charge is 2.36. The molecule has 0 aromatic heterocycles. The smallest absolute Gasteiger partial charge is 0.311 e. The largest absolute Gasteiger partial charge is 0.457 e. The fourth-order valence-corrected chi connectivity index (χ4v) is 3.21. The van der Waals surface area contributed by atoms with Gasteiger partial charge in [0.2, 0.25) is 11.7 Å². The van der Waals surface area contributed by atoms with Crippen LogP contribution in [0.1, 0.15) is 33.5 Å². The lowest BCUT2D eigenvalue weighted by Gasteiger charge is -2.16. The van der Waals surface area contributed by atoms with Crippen LogP contribution in [0.5, 0.6) is 0 Å². The van der Waals surface area contributed by atoms with E-state index in [0.717, 1.165) is 22.4 Å². The molecule has 2 aromatic carbocycles. The number of carbonyl (C=O) groups is 3. The molecule has 1 unspecified atom stereocenters. The van der Waals surface area contributed by atoms with Crippen molar-refractivity contribution in [3.63, 3.8) is 0 Å². The molecule has 1 aliphatic rings. The van der Waals surface area contributed by atoms with Gasteiger partial charge in [-0.25, -0.2) is 0 Å². The summed E-state index contributed by atoms with van der Waals surface area (Å²) in [6.07, 6.45) is 0.102. The van der Waals surface area contributed by atoms with Crippen LogP contribution in [-0.4, -0.2) is 30.8 Å². The molecule has 1 atom stereocenters. The van der Waals surface area contributed by atoms with Gasteiger partial charge in [-0.2, -0.15) is 0 Å². The Bertz CT molecular complexity index is 886. The van der Waals surface area contributed by atoms with E-state index in [2.05, 4.69) is 0 Å². The molecule has 1 aliphatic heterocycles. The second-order valence-electron chi connectivity index (χ2n) is 7.09. The highest BCUT2D eigenvalue weighted by molar-refractivity contribution is 6.01. The van der Waals surface area contributed by atoms with E-state index in [4.69, 9.17) is 4.74 Å². The number of carbonyl (C=O) groups excluding carboxylic acids is 3. The van der Waals surface area contributed by atoms with Gasteiger partial charge < -0.3 is 9.64 Å². The minimum Gasteiger partial charge on any atom is -0.457 e. The summed E-state index contributed by atoms with van der Waals surface area (Å²) in [6.45, 7) is 5.70. The lowest BCUT2D eigenvalue weighted by molar-refractivity contribution is -0.147. The van der Waals surface area contributed by atoms with Crippen molar-refractivity contribution in [1.29, 1.82) is 0 Å². The first-order chi connectivity index (χ1) is 12.8. The van der Waals surface area contributed by atoms with Crippen molar-refractivity contribution in [2.24, 2.45) is 5.92 Å². The number of anilines is 1. The lowest BCUT2D eigenvalue weighted by atomic mass is 10.0. The van der Waals surface area contributed by atoms with Gasteiger partial charge in [0.25, 0.3) is 0 Å². The van der Waals surface area contributed by atoms with Gasteiger partial charge in [-0.15, -0.1) is 0 Å². The van der Waals surface area contributed by atoms with Crippen LogP contribution in [0, 0.1) is 26.7 Å². The average molecular weight is 365 g/mol. The fourth-order valence-electron chi connectivity index (χ4n) is 3.21. The van der Waals surface area contributed by atoms with E-state index in [1.807, 2.05) is 57.2 Å². The van der Waals surface area contributed by atoms with Gasteiger partial charge in [0.15, 0.2) is 6.61 Å². The summed E-state index contributed by atoms with van der Waals surface area (Å²) in [6, 6.07) is 13.2. The molecule has 1 saturated heterocycles. The number of esters is 1. The van der Waals surface area contributed by atoms with Gasteiger partial charge >= 0.3 is 5.97 Å². The van der Waals surface area contributed by atoms with E-state index >= 15 is 0 Å². The Balaban J connectivity index is 1.60. The molecular formula is C22H23NO4. The number of aryl methyl sites for hydroxylation is 3. The Hall–Kier alpha value is -2.95. The normalized spacial score (nSPS) is 16.5. The van der Waals surface area contributed by atoms with Crippen LogP contribution >= 0.6 is 0 Å². The van der Waals surface area contributed by atoms with Crippen LogP contribution in [-0.2, 0) is 14.3 Å². The maximum Gasteiger partial charge on any atom is 0.311 e. The SMILES string of the molecule is Cc1ccc(N2CC(C(=O)OCC(=O)c3cc(C)ccc3C)CC2=O)cc1. The van der Waals surface area contributed by atoms with Gasteiger partial charge in [-0.05, 0) is 44.5 Å². The number of benzene rings is 2. The van der Waals surface area contributed by atoms with Crippen molar-refractivity contribution in [1.82, 2.24) is 0 Å². The molecule has 140 valence electrons. The zero-order chi connectivity index (χ0) is 19.6. The summed E-state index contributed by atoms with van der Waals surface area (Å²) in [5, 5.41) is 0. The standard InChI is InChI=1S/C22H23NO4/c1-14-5-8-18(9-6-14)23-12-17(11-21(23)25)22(26)27-13-20(24)19-10-15(2)4-7-16(19)3/h4-10,17H,11-13H2,1-3H3. The summed E-state index contributed by atoms with van der Waals surface area (Å²) in [4.78, 5) is 38.6. The van der Waals surface area contributed by atoms with Crippen LogP contribution < -0.4 is 4.90 Å². The van der Waals surface area contributed by atoms with Crippen molar-refractivity contribution in [2.45, 2.75) is 27.2 Å². The minimum absolute atomic E-state index is 0.102. The number of rotatable bonds is 5. The van der Waals surface area contributed by atoms with E-state index in [-0.39, 0.29) is 31.3 Å². The fraction of sp³-hybridized carbons (Fsp3) is 0.318. The average Bonchev–Trinajstić information content (AvgIpc) is 3.04. The van der Waals surface area contributed by atoms with Gasteiger partial charge in [0, 0.05) is 24.2 Å². The van der Waals surface area contributed by atoms with Crippen LogP contribution in [0.15, 0.2) is 42.5 Å². The van der Waals surface area contributed by atoms with E-state index in [0.29, 0.717) is 5.56 Å². The summed E-state index contributed by atoms with van der Waals surface area (Å²) >= 11 is 0. The third kappa shape index (κ3) is 4.25. The third-order valence-corrected chi connectivity index (χ3v) is 4.84. The minimum atomic E-state index is -0.551. The summed E-state index contributed by atoms with van der Waals surface area (Å²) in [5.41, 5.74) is 4.26. The molecule has 1 amide bonds. The highest BCUT2D eigenvalue weighted by atomic mass is 16.5. The predicted molar refractivity (Wildman–Crippen MR) is 103 cm³/mol. The number of Topliss-reactive ketones (excluding diaryl/α,β-unsaturated/α-hetero) is 1. The lowest BCUT2D eigenvalue weighted by Crippen LogP contribution is -2.27. The van der Waals surface area contributed by atoms with Crippen LogP contribution in [0.25, 0.3) is 0 Å². The number of nitrogens with zero attached hydrogens (tertiary/aromatic N) is 1. The molecule has 0 radical (unpaired) electrons. The molecule has 3 rings (SSSR count). The first-order valence-electron chi connectivity index (χ1n) is 8.99. The molecular weight excluding hydrogens is 342 g/mol. The summed E-state index contributed by atoms with van der Waals surface area (Å²) in [5.74, 6) is -1.40. The maximum atomic E-state index is 12.4. The monoisotopic (exact) mass is 365 g/mol. The number of amides is 1. The Kier molecular flexibility index (Phi) is 5.40. The predicted octanol–water partition coefficient (Wildman–Crippen LogP) is 3.39. The molecule has 0 N–H and O–H groups in total. The topological polar surface area (TPSA) is 63.7 Å². The Morgan fingerprint density at radius 2 is 1.70 bits per heavy atom. The van der Waals surface area contributed by atoms with Crippen LogP contribution in [0.2, 0.25) is 0 Å². The van der Waals surface area contributed by atoms with E-state index in [1.165, 1.54) is 0 Å². The number of ketones is 1. The van der Waals surface area contributed by atoms with E-state index < -0.39 is 11.9 Å². The Morgan fingerprint density at radius 3 is 2.41 bits per heavy atom. The molecule has 0 saturated carbocycles. The third-order valence-electron chi connectivity index (χ3n) is 4.84. The van der Waals surface area contributed by atoms with Gasteiger partial charge in [0.1, 0.15) is 0 Å². The second-order valence-corrected chi connectivity index (χ2v) is 7.09. The zero-order valence-corrected chi connectivity index (χ0v) is 15.8. The zero-order valence-electron chi connectivity index (χ0n) is 15.8. The first-order valence-corrected chi connectivity index (χ1v) is 8.99. The molecule has 1 heterocycles. The summed E-state index contributed by atoms with van der Waals surface area (Å²) in [7, 11) is 0. The van der Waals surface area contributed by atoms with E-state index in [9.17, 15) is 14.4 Å². The van der Waals surface area contributed by atoms with Gasteiger partial charge in [-0.3, -0.25) is 14.4 Å². The van der Waals surface area contributed by atoms with Crippen molar-refractivity contribution in [3.05, 3.63) is 64.7 Å². The van der Waals surface area contributed by atoms with Crippen molar-refractivity contribution in [3.8, 4) is 0 Å². The highest BCUT2D eigenvalue weighted by Crippen LogP contribution is 2.26. The van der Waals surface area contributed by atoms with E-state index in [1.54, 1.807) is 11.0 Å². The van der Waals surface area contributed by atoms with Gasteiger partial charge in [-0.1, -0.05) is 35.4 Å². The quantitative estimate of drug-likeness (QED) is 0.602. The molecule has 5 nitrogen and oxygen atoms in total. The first kappa shape index (κ1) is 18.8.